The number of hydroxylamine groups is 2. The van der Waals surface area contributed by atoms with Crippen molar-refractivity contribution in [3.8, 4) is 10.6 Å². The van der Waals surface area contributed by atoms with Crippen LogP contribution in [-0.2, 0) is 14.4 Å². The zero-order valence-electron chi connectivity index (χ0n) is 23.0. The average molecular weight is 559 g/mol. The topological polar surface area (TPSA) is 136 Å². The van der Waals surface area contributed by atoms with E-state index in [2.05, 4.69) is 15.3 Å². The number of rotatable bonds is 11. The summed E-state index contributed by atoms with van der Waals surface area (Å²) in [4.78, 5) is 62.6. The van der Waals surface area contributed by atoms with Crippen molar-refractivity contribution in [2.24, 2.45) is 11.3 Å². The van der Waals surface area contributed by atoms with Gasteiger partial charge in [-0.15, -0.1) is 11.3 Å². The van der Waals surface area contributed by atoms with E-state index in [0.717, 1.165) is 23.4 Å². The fourth-order valence-electron chi connectivity index (χ4n) is 4.41. The van der Waals surface area contributed by atoms with Crippen LogP contribution in [0.2, 0.25) is 0 Å². The van der Waals surface area contributed by atoms with E-state index in [1.807, 2.05) is 39.8 Å². The van der Waals surface area contributed by atoms with Crippen molar-refractivity contribution < 1.29 is 24.4 Å². The van der Waals surface area contributed by atoms with E-state index in [1.54, 1.807) is 27.6 Å². The maximum Gasteiger partial charge on any atom is 0.273 e. The molecule has 0 aliphatic carbocycles. The molecule has 1 aliphatic heterocycles. The number of amides is 4. The Kier molecular flexibility index (Phi) is 10.5. The van der Waals surface area contributed by atoms with Crippen molar-refractivity contribution in [1.82, 2.24) is 30.1 Å². The van der Waals surface area contributed by atoms with Gasteiger partial charge in [-0.25, -0.2) is 10.0 Å². The Labute approximate surface area is 233 Å². The summed E-state index contributed by atoms with van der Waals surface area (Å²) >= 11 is 1.40. The summed E-state index contributed by atoms with van der Waals surface area (Å²) in [5, 5.41) is 15.5. The highest BCUT2D eigenvalue weighted by molar-refractivity contribution is 7.13. The number of nitrogens with zero attached hydrogens (tertiary/aromatic N) is 5. The van der Waals surface area contributed by atoms with Gasteiger partial charge in [-0.1, -0.05) is 40.5 Å². The summed E-state index contributed by atoms with van der Waals surface area (Å²) in [6.07, 6.45) is 5.72. The first kappa shape index (κ1) is 30.2. The van der Waals surface area contributed by atoms with E-state index in [-0.39, 0.29) is 30.7 Å². The number of carbonyl (C=O) groups is 4. The quantitative estimate of drug-likeness (QED) is 0.246. The van der Waals surface area contributed by atoms with Gasteiger partial charge in [-0.2, -0.15) is 0 Å². The summed E-state index contributed by atoms with van der Waals surface area (Å²) in [6, 6.07) is 2.88. The number of carbonyl (C=O) groups excluding carboxylic acids is 4. The number of nitrogens with one attached hydrogen (secondary N) is 1. The largest absolute Gasteiger partial charge is 0.344 e. The Morgan fingerprint density at radius 3 is 2.38 bits per heavy atom. The van der Waals surface area contributed by atoms with Crippen LogP contribution in [0.15, 0.2) is 29.9 Å². The highest BCUT2D eigenvalue weighted by atomic mass is 32.1. The molecule has 0 radical (unpaired) electrons. The molecular formula is C27H38N6O5S. The van der Waals surface area contributed by atoms with Crippen molar-refractivity contribution >= 4 is 35.5 Å². The predicted octanol–water partition coefficient (Wildman–Crippen LogP) is 2.67. The third-order valence-electron chi connectivity index (χ3n) is 6.73. The van der Waals surface area contributed by atoms with Gasteiger partial charge in [0.15, 0.2) is 0 Å². The zero-order chi connectivity index (χ0) is 28.6. The monoisotopic (exact) mass is 558 g/mol. The highest BCUT2D eigenvalue weighted by Gasteiger charge is 2.38. The average Bonchev–Trinajstić information content (AvgIpc) is 3.43. The van der Waals surface area contributed by atoms with E-state index < -0.39 is 17.4 Å². The maximum atomic E-state index is 13.6. The molecule has 0 saturated carbocycles. The molecule has 39 heavy (non-hydrogen) atoms. The Morgan fingerprint density at radius 1 is 1.15 bits per heavy atom. The first-order chi connectivity index (χ1) is 18.5. The third kappa shape index (κ3) is 8.06. The van der Waals surface area contributed by atoms with Gasteiger partial charge in [0.2, 0.25) is 18.2 Å². The molecule has 2 aromatic heterocycles. The minimum Gasteiger partial charge on any atom is -0.344 e. The molecule has 0 spiro atoms. The van der Waals surface area contributed by atoms with Gasteiger partial charge >= 0.3 is 0 Å². The van der Waals surface area contributed by atoms with Crippen LogP contribution in [0.4, 0.5) is 0 Å². The van der Waals surface area contributed by atoms with Gasteiger partial charge in [0.1, 0.15) is 16.7 Å². The molecule has 11 nitrogen and oxygen atoms in total. The van der Waals surface area contributed by atoms with Crippen molar-refractivity contribution in [3.05, 3.63) is 35.6 Å². The van der Waals surface area contributed by atoms with Crippen LogP contribution >= 0.6 is 11.3 Å². The molecule has 1 aliphatic rings. The maximum absolute atomic E-state index is 13.6. The smallest absolute Gasteiger partial charge is 0.273 e. The van der Waals surface area contributed by atoms with Gasteiger partial charge in [0.25, 0.3) is 5.91 Å². The standard InChI is InChI=1S/C27H38N6O5S/c1-5-6-7-20(16-33(38)18-34)23(35)30-22(27(2,3)4)26(37)32-14-12-31(13-15-32)25(36)21-17-39-24(29-21)19-8-10-28-11-9-19/h8-11,17-18,20,22,38H,5-7,12-16H2,1-4H3,(H,30,35)/t20-,22?/m1/s1. The van der Waals surface area contributed by atoms with Crippen LogP contribution in [-0.4, -0.2) is 92.9 Å². The molecule has 1 fully saturated rings. The van der Waals surface area contributed by atoms with Gasteiger partial charge < -0.3 is 15.1 Å². The molecule has 2 aromatic rings. The van der Waals surface area contributed by atoms with Crippen molar-refractivity contribution in [3.63, 3.8) is 0 Å². The van der Waals surface area contributed by atoms with Crippen molar-refractivity contribution in [2.45, 2.75) is 53.0 Å². The van der Waals surface area contributed by atoms with E-state index in [1.165, 1.54) is 11.3 Å². The lowest BCUT2D eigenvalue weighted by Crippen LogP contribution is -2.60. The molecule has 1 saturated heterocycles. The van der Waals surface area contributed by atoms with E-state index >= 15 is 0 Å². The lowest BCUT2D eigenvalue weighted by atomic mass is 9.85. The van der Waals surface area contributed by atoms with Crippen molar-refractivity contribution in [1.29, 1.82) is 0 Å². The number of hydrogen-bond acceptors (Lipinski definition) is 8. The number of aromatic nitrogens is 2. The molecule has 0 bridgehead atoms. The first-order valence-electron chi connectivity index (χ1n) is 13.2. The van der Waals surface area contributed by atoms with E-state index in [0.29, 0.717) is 43.4 Å². The normalized spacial score (nSPS) is 15.4. The Balaban J connectivity index is 1.63. The SMILES string of the molecule is CCCC[C@H](CN(O)C=O)C(=O)NC(C(=O)N1CCN(C(=O)c2csc(-c3ccncc3)n2)CC1)C(C)(C)C. The van der Waals surface area contributed by atoms with Crippen LogP contribution in [0.1, 0.15) is 57.4 Å². The Bertz CT molecular complexity index is 1130. The molecule has 0 aromatic carbocycles. The highest BCUT2D eigenvalue weighted by Crippen LogP contribution is 2.25. The summed E-state index contributed by atoms with van der Waals surface area (Å²) in [7, 11) is 0. The third-order valence-corrected chi connectivity index (χ3v) is 7.63. The van der Waals surface area contributed by atoms with E-state index in [4.69, 9.17) is 0 Å². The van der Waals surface area contributed by atoms with Gasteiger partial charge in [0, 0.05) is 49.5 Å². The number of unbranched alkanes of at least 4 members (excludes halogenated alkanes) is 1. The summed E-state index contributed by atoms with van der Waals surface area (Å²) < 4.78 is 0. The fourth-order valence-corrected chi connectivity index (χ4v) is 5.21. The fraction of sp³-hybridized carbons (Fsp3) is 0.556. The molecule has 212 valence electrons. The first-order valence-corrected chi connectivity index (χ1v) is 14.1. The van der Waals surface area contributed by atoms with Gasteiger partial charge in [-0.3, -0.25) is 29.4 Å². The number of pyridine rings is 1. The van der Waals surface area contributed by atoms with Crippen LogP contribution in [0.3, 0.4) is 0 Å². The molecule has 2 N–H and O–H groups in total. The lowest BCUT2D eigenvalue weighted by molar-refractivity contribution is -0.155. The van der Waals surface area contributed by atoms with Crippen LogP contribution in [0.25, 0.3) is 10.6 Å². The summed E-state index contributed by atoms with van der Waals surface area (Å²) in [5.74, 6) is -1.41. The second kappa shape index (κ2) is 13.6. The predicted molar refractivity (Wildman–Crippen MR) is 147 cm³/mol. The molecule has 3 heterocycles. The molecule has 1 unspecified atom stereocenters. The molecular weight excluding hydrogens is 520 g/mol. The summed E-state index contributed by atoms with van der Waals surface area (Å²) in [5.41, 5.74) is 0.690. The second-order valence-corrected chi connectivity index (χ2v) is 11.6. The second-order valence-electron chi connectivity index (χ2n) is 10.8. The molecule has 4 amide bonds. The number of piperazine rings is 1. The van der Waals surface area contributed by atoms with Crippen molar-refractivity contribution in [2.75, 3.05) is 32.7 Å². The van der Waals surface area contributed by atoms with Gasteiger partial charge in [0.05, 0.1) is 12.5 Å². The lowest BCUT2D eigenvalue weighted by Gasteiger charge is -2.39. The van der Waals surface area contributed by atoms with Crippen LogP contribution in [0.5, 0.6) is 0 Å². The van der Waals surface area contributed by atoms with Gasteiger partial charge in [-0.05, 0) is 24.0 Å². The van der Waals surface area contributed by atoms with Crippen LogP contribution in [0, 0.1) is 11.3 Å². The Hall–Kier alpha value is -3.38. The number of thiazole rings is 1. The molecule has 2 atom stereocenters. The van der Waals surface area contributed by atoms with E-state index in [9.17, 15) is 24.4 Å². The molecule has 12 heteroatoms. The minimum atomic E-state index is -0.804. The Morgan fingerprint density at radius 2 is 1.79 bits per heavy atom. The number of hydrogen-bond donors (Lipinski definition) is 2. The minimum absolute atomic E-state index is 0.138. The van der Waals surface area contributed by atoms with Crippen LogP contribution < -0.4 is 5.32 Å². The molecule has 3 rings (SSSR count). The summed E-state index contributed by atoms with van der Waals surface area (Å²) in [6.45, 7) is 8.87. The zero-order valence-corrected chi connectivity index (χ0v) is 23.8.